The van der Waals surface area contributed by atoms with Gasteiger partial charge in [0.05, 0.1) is 22.5 Å². The van der Waals surface area contributed by atoms with Gasteiger partial charge in [-0.15, -0.1) is 0 Å². The highest BCUT2D eigenvalue weighted by molar-refractivity contribution is 9.10. The van der Waals surface area contributed by atoms with Crippen LogP contribution in [0.2, 0.25) is 5.02 Å². The second-order valence-corrected chi connectivity index (χ2v) is 7.93. The van der Waals surface area contributed by atoms with Gasteiger partial charge < -0.3 is 4.74 Å². The summed E-state index contributed by atoms with van der Waals surface area (Å²) in [6.45, 7) is 3.94. The molecule has 1 aliphatic heterocycles. The highest BCUT2D eigenvalue weighted by Gasteiger charge is 2.59. The van der Waals surface area contributed by atoms with Gasteiger partial charge in [-0.2, -0.15) is 10.1 Å². The standard InChI is InChI=1S/C19H16BrClN2O3/c1-2-5-26-17-12(7-13(21)8-14(17)20)9-22-23-18(24)15-10-3-4-11(6-10)16(15)19(23)25/h2-4,7-11,15-16H,1,5-6H2/t10-,11-,15-,16+/m0/s1. The molecule has 4 rings (SSSR count). The molecule has 7 heteroatoms. The van der Waals surface area contributed by atoms with Crippen molar-refractivity contribution < 1.29 is 14.3 Å². The maximum Gasteiger partial charge on any atom is 0.254 e. The molecule has 2 bridgehead atoms. The Hall–Kier alpha value is -1.92. The van der Waals surface area contributed by atoms with Gasteiger partial charge in [-0.05, 0) is 46.3 Å². The van der Waals surface area contributed by atoms with Crippen molar-refractivity contribution in [2.24, 2.45) is 28.8 Å². The topological polar surface area (TPSA) is 59.0 Å². The van der Waals surface area contributed by atoms with Crippen molar-refractivity contribution in [3.05, 3.63) is 52.0 Å². The molecule has 0 aromatic heterocycles. The highest BCUT2D eigenvalue weighted by Crippen LogP contribution is 2.52. The first kappa shape index (κ1) is 17.5. The molecule has 2 fully saturated rings. The molecule has 2 aliphatic carbocycles. The van der Waals surface area contributed by atoms with E-state index in [4.69, 9.17) is 16.3 Å². The molecule has 5 nitrogen and oxygen atoms in total. The fourth-order valence-electron chi connectivity index (χ4n) is 4.09. The molecule has 1 heterocycles. The molecule has 1 saturated carbocycles. The normalized spacial score (nSPS) is 29.1. The zero-order chi connectivity index (χ0) is 18.4. The summed E-state index contributed by atoms with van der Waals surface area (Å²) in [6.07, 6.45) is 8.07. The number of imide groups is 1. The monoisotopic (exact) mass is 434 g/mol. The third-order valence-corrected chi connectivity index (χ3v) is 5.95. The van der Waals surface area contributed by atoms with Crippen molar-refractivity contribution in [3.8, 4) is 5.75 Å². The molecule has 1 saturated heterocycles. The van der Waals surface area contributed by atoms with Crippen molar-refractivity contribution in [1.82, 2.24) is 5.01 Å². The zero-order valence-corrected chi connectivity index (χ0v) is 16.1. The number of carbonyl (C=O) groups is 2. The minimum absolute atomic E-state index is 0.161. The van der Waals surface area contributed by atoms with Crippen molar-refractivity contribution in [3.63, 3.8) is 0 Å². The van der Waals surface area contributed by atoms with Crippen molar-refractivity contribution in [2.75, 3.05) is 6.61 Å². The number of hydrazone groups is 1. The summed E-state index contributed by atoms with van der Waals surface area (Å²) >= 11 is 9.52. The van der Waals surface area contributed by atoms with Crippen LogP contribution in [-0.4, -0.2) is 29.6 Å². The zero-order valence-electron chi connectivity index (χ0n) is 13.8. The molecule has 2 amide bonds. The van der Waals surface area contributed by atoms with Crippen LogP contribution in [0, 0.1) is 23.7 Å². The number of amides is 2. The van der Waals surface area contributed by atoms with Crippen LogP contribution in [0.3, 0.4) is 0 Å². The molecule has 1 aromatic rings. The van der Waals surface area contributed by atoms with Gasteiger partial charge in [0.25, 0.3) is 11.8 Å². The van der Waals surface area contributed by atoms with Gasteiger partial charge >= 0.3 is 0 Å². The Morgan fingerprint density at radius 3 is 2.54 bits per heavy atom. The number of halogens is 2. The number of nitrogens with zero attached hydrogens (tertiary/aromatic N) is 2. The Balaban J connectivity index is 1.62. The number of fused-ring (bicyclic) bond motifs is 5. The van der Waals surface area contributed by atoms with E-state index >= 15 is 0 Å². The van der Waals surface area contributed by atoms with Crippen LogP contribution in [0.1, 0.15) is 12.0 Å². The van der Waals surface area contributed by atoms with Gasteiger partial charge in [0.2, 0.25) is 0 Å². The lowest BCUT2D eigenvalue weighted by molar-refractivity contribution is -0.140. The number of carbonyl (C=O) groups excluding carboxylic acids is 2. The summed E-state index contributed by atoms with van der Waals surface area (Å²) in [5.41, 5.74) is 0.574. The summed E-state index contributed by atoms with van der Waals surface area (Å²) in [5, 5.41) is 5.68. The maximum absolute atomic E-state index is 12.7. The molecule has 3 aliphatic rings. The Labute approximate surface area is 164 Å². The molecule has 0 N–H and O–H groups in total. The molecule has 0 spiro atoms. The Bertz CT molecular complexity index is 837. The molecule has 4 atom stereocenters. The fourth-order valence-corrected chi connectivity index (χ4v) is 5.04. The molecule has 0 radical (unpaired) electrons. The molecular weight excluding hydrogens is 420 g/mol. The summed E-state index contributed by atoms with van der Waals surface area (Å²) in [7, 11) is 0. The third-order valence-electron chi connectivity index (χ3n) is 5.14. The van der Waals surface area contributed by atoms with Gasteiger partial charge in [-0.1, -0.05) is 36.4 Å². The van der Waals surface area contributed by atoms with Gasteiger partial charge in [-0.3, -0.25) is 9.59 Å². The Morgan fingerprint density at radius 2 is 1.92 bits per heavy atom. The van der Waals surface area contributed by atoms with E-state index in [1.54, 1.807) is 18.2 Å². The molecule has 1 aromatic carbocycles. The summed E-state index contributed by atoms with van der Waals surface area (Å²) < 4.78 is 6.31. The van der Waals surface area contributed by atoms with Crippen LogP contribution in [0.4, 0.5) is 0 Å². The van der Waals surface area contributed by atoms with Crippen LogP contribution in [0.15, 0.2) is 46.5 Å². The smallest absolute Gasteiger partial charge is 0.254 e. The largest absolute Gasteiger partial charge is 0.488 e. The van der Waals surface area contributed by atoms with E-state index in [0.717, 1.165) is 11.4 Å². The number of hydrogen-bond acceptors (Lipinski definition) is 4. The second kappa shape index (κ2) is 6.67. The predicted octanol–water partition coefficient (Wildman–Crippen LogP) is 3.81. The number of benzene rings is 1. The average molecular weight is 436 g/mol. The lowest BCUT2D eigenvalue weighted by Crippen LogP contribution is -2.28. The fraction of sp³-hybridized carbons (Fsp3) is 0.316. The van der Waals surface area contributed by atoms with Gasteiger partial charge in [0.1, 0.15) is 12.4 Å². The van der Waals surface area contributed by atoms with Crippen molar-refractivity contribution >= 4 is 45.6 Å². The minimum atomic E-state index is -0.266. The number of ether oxygens (including phenoxy) is 1. The van der Waals surface area contributed by atoms with E-state index in [2.05, 4.69) is 39.8 Å². The number of hydrogen-bond donors (Lipinski definition) is 0. The van der Waals surface area contributed by atoms with E-state index in [-0.39, 0.29) is 35.5 Å². The Kier molecular flexibility index (Phi) is 4.49. The van der Waals surface area contributed by atoms with E-state index in [9.17, 15) is 9.59 Å². The molecule has 0 unspecified atom stereocenters. The van der Waals surface area contributed by atoms with Crippen LogP contribution >= 0.6 is 27.5 Å². The van der Waals surface area contributed by atoms with E-state index in [1.165, 1.54) is 6.21 Å². The summed E-state index contributed by atoms with van der Waals surface area (Å²) in [4.78, 5) is 25.4. The summed E-state index contributed by atoms with van der Waals surface area (Å²) in [5.74, 6) is -0.124. The summed E-state index contributed by atoms with van der Waals surface area (Å²) in [6, 6.07) is 3.38. The van der Waals surface area contributed by atoms with Gasteiger partial charge in [0.15, 0.2) is 0 Å². The lowest BCUT2D eigenvalue weighted by Gasteiger charge is -2.13. The first-order chi connectivity index (χ1) is 12.5. The van der Waals surface area contributed by atoms with Gasteiger partial charge in [0, 0.05) is 10.6 Å². The average Bonchev–Trinajstić information content (AvgIpc) is 3.27. The van der Waals surface area contributed by atoms with Crippen molar-refractivity contribution in [2.45, 2.75) is 6.42 Å². The van der Waals surface area contributed by atoms with Crippen molar-refractivity contribution in [1.29, 1.82) is 0 Å². The van der Waals surface area contributed by atoms with E-state index in [1.807, 2.05) is 0 Å². The SMILES string of the molecule is C=CCOc1c(Br)cc(Cl)cc1C=NN1C(=O)[C@@H]2[C@H](C1=O)[C@H]1C=C[C@H]2C1. The van der Waals surface area contributed by atoms with Crippen LogP contribution in [0.25, 0.3) is 0 Å². The van der Waals surface area contributed by atoms with Crippen LogP contribution in [0.5, 0.6) is 5.75 Å². The first-order valence-electron chi connectivity index (χ1n) is 8.34. The van der Waals surface area contributed by atoms with Crippen LogP contribution < -0.4 is 4.74 Å². The number of allylic oxidation sites excluding steroid dienone is 2. The van der Waals surface area contributed by atoms with E-state index < -0.39 is 0 Å². The lowest BCUT2D eigenvalue weighted by atomic mass is 9.85. The maximum atomic E-state index is 12.7. The van der Waals surface area contributed by atoms with E-state index in [0.29, 0.717) is 27.4 Å². The Morgan fingerprint density at radius 1 is 1.27 bits per heavy atom. The third kappa shape index (κ3) is 2.72. The molecular formula is C19H16BrClN2O3. The molecule has 134 valence electrons. The quantitative estimate of drug-likeness (QED) is 0.401. The molecule has 26 heavy (non-hydrogen) atoms. The van der Waals surface area contributed by atoms with Gasteiger partial charge in [-0.25, -0.2) is 0 Å². The predicted molar refractivity (Wildman–Crippen MR) is 102 cm³/mol. The first-order valence-corrected chi connectivity index (χ1v) is 9.51. The van der Waals surface area contributed by atoms with Crippen LogP contribution in [-0.2, 0) is 9.59 Å². The number of rotatable bonds is 5. The highest BCUT2D eigenvalue weighted by atomic mass is 79.9. The minimum Gasteiger partial charge on any atom is -0.488 e. The second-order valence-electron chi connectivity index (χ2n) is 6.64.